The molecule has 4 rings (SSSR count). The van der Waals surface area contributed by atoms with E-state index in [4.69, 9.17) is 0 Å². The summed E-state index contributed by atoms with van der Waals surface area (Å²) < 4.78 is 2.47. The van der Waals surface area contributed by atoms with E-state index in [0.717, 1.165) is 26.3 Å². The summed E-state index contributed by atoms with van der Waals surface area (Å²) in [5.41, 5.74) is 3.25. The summed E-state index contributed by atoms with van der Waals surface area (Å²) in [6, 6.07) is 18.2. The lowest BCUT2D eigenvalue weighted by molar-refractivity contribution is 0.569. The molecule has 0 N–H and O–H groups in total. The molecule has 6 heteroatoms. The van der Waals surface area contributed by atoms with Gasteiger partial charge in [-0.25, -0.2) is 4.99 Å². The minimum Gasteiger partial charge on any atom is -0.378 e. The molecule has 0 fully saturated rings. The van der Waals surface area contributed by atoms with Gasteiger partial charge in [0.15, 0.2) is 4.80 Å². The van der Waals surface area contributed by atoms with Gasteiger partial charge < -0.3 is 9.80 Å². The van der Waals surface area contributed by atoms with E-state index in [1.54, 1.807) is 4.57 Å². The van der Waals surface area contributed by atoms with E-state index in [-0.39, 0.29) is 5.56 Å². The average Bonchev–Trinajstić information content (AvgIpc) is 2.98. The Labute approximate surface area is 155 Å². The number of aromatic nitrogens is 1. The van der Waals surface area contributed by atoms with Crippen molar-refractivity contribution in [1.29, 1.82) is 0 Å². The van der Waals surface area contributed by atoms with Gasteiger partial charge in [0.1, 0.15) is 13.3 Å². The Kier molecular flexibility index (Phi) is 4.34. The number of anilines is 2. The summed E-state index contributed by atoms with van der Waals surface area (Å²) in [6.45, 7) is 1.10. The summed E-state index contributed by atoms with van der Waals surface area (Å²) in [6.07, 6.45) is 1.94. The average molecular weight is 364 g/mol. The van der Waals surface area contributed by atoms with Crippen LogP contribution in [-0.4, -0.2) is 25.3 Å². The molecule has 3 aromatic rings. The van der Waals surface area contributed by atoms with E-state index in [2.05, 4.69) is 26.9 Å². The quantitative estimate of drug-likeness (QED) is 0.712. The van der Waals surface area contributed by atoms with Gasteiger partial charge in [0, 0.05) is 25.5 Å². The van der Waals surface area contributed by atoms with Gasteiger partial charge in [0.05, 0.1) is 4.53 Å². The molecule has 2 aromatic carbocycles. The van der Waals surface area contributed by atoms with E-state index in [9.17, 15) is 4.79 Å². The molecule has 0 radical (unpaired) electrons. The van der Waals surface area contributed by atoms with Crippen molar-refractivity contribution in [2.24, 2.45) is 4.99 Å². The zero-order valence-electron chi connectivity index (χ0n) is 14.8. The lowest BCUT2D eigenvalue weighted by atomic mass is 10.2. The molecule has 0 atom stereocenters. The first-order valence-corrected chi connectivity index (χ1v) is 9.27. The predicted octanol–water partition coefficient (Wildman–Crippen LogP) is 1.86. The number of nitrogens with zero attached hydrogens (tertiary/aromatic N) is 4. The van der Waals surface area contributed by atoms with E-state index < -0.39 is 0 Å². The smallest absolute Gasteiger partial charge is 0.271 e. The van der Waals surface area contributed by atoms with Crippen molar-refractivity contribution >= 4 is 28.8 Å². The second-order valence-electron chi connectivity index (χ2n) is 6.43. The third-order valence-corrected chi connectivity index (χ3v) is 5.45. The Hall–Kier alpha value is -2.86. The van der Waals surface area contributed by atoms with Gasteiger partial charge in [-0.05, 0) is 35.9 Å². The van der Waals surface area contributed by atoms with Crippen LogP contribution in [0.15, 0.2) is 64.4 Å². The van der Waals surface area contributed by atoms with Crippen molar-refractivity contribution in [3.05, 3.63) is 79.8 Å². The number of hydrogen-bond donors (Lipinski definition) is 0. The lowest BCUT2D eigenvalue weighted by Crippen LogP contribution is -2.42. The minimum absolute atomic E-state index is 0.0195. The maximum atomic E-state index is 12.8. The van der Waals surface area contributed by atoms with Crippen LogP contribution in [0.3, 0.4) is 0 Å². The summed E-state index contributed by atoms with van der Waals surface area (Å²) >= 11 is 1.46. The van der Waals surface area contributed by atoms with Gasteiger partial charge >= 0.3 is 0 Å². The fourth-order valence-electron chi connectivity index (χ4n) is 2.93. The zero-order chi connectivity index (χ0) is 18.1. The molecule has 5 nitrogen and oxygen atoms in total. The highest BCUT2D eigenvalue weighted by Gasteiger charge is 2.15. The highest BCUT2D eigenvalue weighted by atomic mass is 32.1. The second kappa shape index (κ2) is 6.80. The summed E-state index contributed by atoms with van der Waals surface area (Å²) in [7, 11) is 4.02. The van der Waals surface area contributed by atoms with Gasteiger partial charge in [-0.1, -0.05) is 41.7 Å². The minimum atomic E-state index is 0.0195. The van der Waals surface area contributed by atoms with Gasteiger partial charge in [0.25, 0.3) is 5.56 Å². The summed E-state index contributed by atoms with van der Waals surface area (Å²) in [4.78, 5) is 22.3. The van der Waals surface area contributed by atoms with Crippen molar-refractivity contribution in [2.75, 3.05) is 30.6 Å². The Morgan fingerprint density at radius 1 is 1.08 bits per heavy atom. The standard InChI is InChI=1S/C20H20N4OS/c1-22(2)16-10-8-15(9-11-16)12-18-19(25)24-14-23(13-21-20(24)26-18)17-6-4-3-5-7-17/h3-12H,13-14H2,1-2H3. The summed E-state index contributed by atoms with van der Waals surface area (Å²) in [5.74, 6) is 0. The van der Waals surface area contributed by atoms with Crippen LogP contribution in [-0.2, 0) is 6.67 Å². The van der Waals surface area contributed by atoms with Crippen molar-refractivity contribution in [3.8, 4) is 0 Å². The van der Waals surface area contributed by atoms with Crippen molar-refractivity contribution < 1.29 is 0 Å². The van der Waals surface area contributed by atoms with Crippen LogP contribution < -0.4 is 24.7 Å². The molecule has 0 spiro atoms. The molecule has 0 bridgehead atoms. The van der Waals surface area contributed by atoms with Crippen LogP contribution in [0.25, 0.3) is 6.08 Å². The Morgan fingerprint density at radius 3 is 2.50 bits per heavy atom. The van der Waals surface area contributed by atoms with E-state index in [0.29, 0.717) is 13.3 Å². The number of para-hydroxylation sites is 1. The molecule has 0 amide bonds. The number of fused-ring (bicyclic) bond motifs is 1. The molecule has 0 unspecified atom stereocenters. The molecule has 1 aromatic heterocycles. The number of hydrogen-bond acceptors (Lipinski definition) is 5. The van der Waals surface area contributed by atoms with Crippen LogP contribution in [0, 0.1) is 0 Å². The van der Waals surface area contributed by atoms with Crippen molar-refractivity contribution in [1.82, 2.24) is 4.57 Å². The first-order valence-electron chi connectivity index (χ1n) is 8.45. The molecular weight excluding hydrogens is 344 g/mol. The Balaban J connectivity index is 1.68. The number of thiazole rings is 1. The van der Waals surface area contributed by atoms with Gasteiger partial charge in [-0.2, -0.15) is 0 Å². The molecule has 1 aliphatic heterocycles. The van der Waals surface area contributed by atoms with E-state index in [1.165, 1.54) is 11.3 Å². The third kappa shape index (κ3) is 3.15. The maximum Gasteiger partial charge on any atom is 0.271 e. The van der Waals surface area contributed by atoms with E-state index in [1.807, 2.05) is 62.6 Å². The number of rotatable bonds is 3. The monoisotopic (exact) mass is 364 g/mol. The summed E-state index contributed by atoms with van der Waals surface area (Å²) in [5, 5.41) is 0. The Bertz CT molecular complexity index is 1080. The highest BCUT2D eigenvalue weighted by molar-refractivity contribution is 7.07. The third-order valence-electron chi connectivity index (χ3n) is 4.41. The highest BCUT2D eigenvalue weighted by Crippen LogP contribution is 2.15. The lowest BCUT2D eigenvalue weighted by Gasteiger charge is -2.25. The Morgan fingerprint density at radius 2 is 1.81 bits per heavy atom. The fraction of sp³-hybridized carbons (Fsp3) is 0.200. The zero-order valence-corrected chi connectivity index (χ0v) is 15.6. The largest absolute Gasteiger partial charge is 0.378 e. The normalized spacial score (nSPS) is 14.1. The van der Waals surface area contributed by atoms with Crippen molar-refractivity contribution in [2.45, 2.75) is 6.67 Å². The second-order valence-corrected chi connectivity index (χ2v) is 7.44. The predicted molar refractivity (Wildman–Crippen MR) is 107 cm³/mol. The van der Waals surface area contributed by atoms with Crippen LogP contribution in [0.1, 0.15) is 5.56 Å². The fourth-order valence-corrected chi connectivity index (χ4v) is 3.90. The first kappa shape index (κ1) is 16.6. The molecule has 0 saturated heterocycles. The molecule has 26 heavy (non-hydrogen) atoms. The SMILES string of the molecule is CN(C)c1ccc(C=c2sc3n(c2=O)CN(c2ccccc2)CN=3)cc1. The van der Waals surface area contributed by atoms with Crippen LogP contribution in [0.2, 0.25) is 0 Å². The van der Waals surface area contributed by atoms with Crippen LogP contribution in [0.5, 0.6) is 0 Å². The molecule has 1 aliphatic rings. The number of benzene rings is 2. The van der Waals surface area contributed by atoms with Crippen LogP contribution in [0.4, 0.5) is 11.4 Å². The van der Waals surface area contributed by atoms with Crippen LogP contribution >= 0.6 is 11.3 Å². The molecule has 0 aliphatic carbocycles. The topological polar surface area (TPSA) is 40.8 Å². The van der Waals surface area contributed by atoms with E-state index >= 15 is 0 Å². The van der Waals surface area contributed by atoms with Gasteiger partial charge in [-0.15, -0.1) is 0 Å². The molecule has 132 valence electrons. The molecule has 0 saturated carbocycles. The maximum absolute atomic E-state index is 12.8. The molecular formula is C20H20N4OS. The van der Waals surface area contributed by atoms with Gasteiger partial charge in [0.2, 0.25) is 0 Å². The first-order chi connectivity index (χ1) is 12.6. The molecule has 2 heterocycles. The van der Waals surface area contributed by atoms with Crippen molar-refractivity contribution in [3.63, 3.8) is 0 Å². The van der Waals surface area contributed by atoms with Gasteiger partial charge in [-0.3, -0.25) is 9.36 Å².